The Morgan fingerprint density at radius 3 is 2.86 bits per heavy atom. The maximum atomic E-state index is 13.3. The molecule has 0 aliphatic carbocycles. The number of hydrogen-bond acceptors (Lipinski definition) is 2. The van der Waals surface area contributed by atoms with Gasteiger partial charge in [-0.25, -0.2) is 4.39 Å². The molecule has 0 saturated heterocycles. The van der Waals surface area contributed by atoms with Crippen molar-refractivity contribution in [2.45, 2.75) is 12.3 Å². The summed E-state index contributed by atoms with van der Waals surface area (Å²) in [6.07, 6.45) is 0. The van der Waals surface area contributed by atoms with E-state index in [4.69, 9.17) is 9.47 Å². The van der Waals surface area contributed by atoms with Crippen molar-refractivity contribution in [3.8, 4) is 5.75 Å². The van der Waals surface area contributed by atoms with Crippen molar-refractivity contribution >= 4 is 15.9 Å². The quantitative estimate of drug-likeness (QED) is 0.461. The first-order chi connectivity index (χ1) is 6.79. The lowest BCUT2D eigenvalue weighted by Gasteiger charge is -2.10. The fourth-order valence-electron chi connectivity index (χ4n) is 1.00. The summed E-state index contributed by atoms with van der Waals surface area (Å²) in [6, 6.07) is 4.83. The number of para-hydroxylation sites is 1. The van der Waals surface area contributed by atoms with E-state index in [-0.39, 0.29) is 18.4 Å². The summed E-state index contributed by atoms with van der Waals surface area (Å²) in [6.45, 7) is 2.49. The molecule has 0 unspecified atom stereocenters. The summed E-state index contributed by atoms with van der Waals surface area (Å²) < 4.78 is 23.4. The molecule has 4 heteroatoms. The van der Waals surface area contributed by atoms with Gasteiger partial charge in [-0.1, -0.05) is 28.1 Å². The lowest BCUT2D eigenvalue weighted by atomic mass is 10.2. The second-order valence-corrected chi connectivity index (χ2v) is 3.18. The van der Waals surface area contributed by atoms with Crippen LogP contribution in [0.2, 0.25) is 0 Å². The molecule has 0 amide bonds. The summed E-state index contributed by atoms with van der Waals surface area (Å²) in [4.78, 5) is 0. The van der Waals surface area contributed by atoms with Gasteiger partial charge in [0.25, 0.3) is 0 Å². The van der Waals surface area contributed by atoms with Gasteiger partial charge in [0.05, 0.1) is 0 Å². The summed E-state index contributed by atoms with van der Waals surface area (Å²) >= 11 is 3.26. The standard InChI is InChI=1S/C10H12BrFO2/c1-2-13-7-14-10-8(6-11)4-3-5-9(10)12/h3-5H,2,6-7H2,1H3. The molecule has 0 heterocycles. The fraction of sp³-hybridized carbons (Fsp3) is 0.400. The highest BCUT2D eigenvalue weighted by molar-refractivity contribution is 9.08. The van der Waals surface area contributed by atoms with Crippen LogP contribution in [-0.4, -0.2) is 13.4 Å². The summed E-state index contributed by atoms with van der Waals surface area (Å²) in [7, 11) is 0. The lowest BCUT2D eigenvalue weighted by molar-refractivity contribution is 0.0196. The second-order valence-electron chi connectivity index (χ2n) is 2.62. The van der Waals surface area contributed by atoms with Crippen molar-refractivity contribution in [3.05, 3.63) is 29.6 Å². The third kappa shape index (κ3) is 2.96. The molecule has 0 atom stereocenters. The highest BCUT2D eigenvalue weighted by Crippen LogP contribution is 2.24. The van der Waals surface area contributed by atoms with Crippen molar-refractivity contribution < 1.29 is 13.9 Å². The minimum Gasteiger partial charge on any atom is -0.464 e. The number of hydrogen-bond donors (Lipinski definition) is 0. The fourth-order valence-corrected chi connectivity index (χ4v) is 1.45. The Labute approximate surface area is 91.2 Å². The molecule has 14 heavy (non-hydrogen) atoms. The molecular formula is C10H12BrFO2. The first-order valence-corrected chi connectivity index (χ1v) is 5.45. The maximum Gasteiger partial charge on any atom is 0.189 e. The van der Waals surface area contributed by atoms with Gasteiger partial charge >= 0.3 is 0 Å². The maximum absolute atomic E-state index is 13.3. The molecule has 1 aromatic carbocycles. The van der Waals surface area contributed by atoms with Crippen molar-refractivity contribution in [1.82, 2.24) is 0 Å². The Hall–Kier alpha value is -0.610. The molecule has 0 N–H and O–H groups in total. The number of halogens is 2. The number of rotatable bonds is 5. The molecular weight excluding hydrogens is 251 g/mol. The van der Waals surface area contributed by atoms with Gasteiger partial charge in [0.15, 0.2) is 18.4 Å². The Bertz CT molecular complexity index is 291. The predicted octanol–water partition coefficient (Wildman–Crippen LogP) is 3.09. The van der Waals surface area contributed by atoms with Gasteiger partial charge < -0.3 is 9.47 Å². The SMILES string of the molecule is CCOCOc1c(F)cccc1CBr. The molecule has 0 aliphatic rings. The van der Waals surface area contributed by atoms with Crippen LogP contribution in [0.15, 0.2) is 18.2 Å². The van der Waals surface area contributed by atoms with E-state index in [0.717, 1.165) is 5.56 Å². The summed E-state index contributed by atoms with van der Waals surface area (Å²) in [5, 5.41) is 0.562. The number of ether oxygens (including phenoxy) is 2. The van der Waals surface area contributed by atoms with Crippen LogP contribution in [0.25, 0.3) is 0 Å². The Balaban J connectivity index is 2.72. The number of alkyl halides is 1. The van der Waals surface area contributed by atoms with Crippen LogP contribution < -0.4 is 4.74 Å². The zero-order chi connectivity index (χ0) is 10.4. The van der Waals surface area contributed by atoms with Crippen molar-refractivity contribution in [2.24, 2.45) is 0 Å². The zero-order valence-corrected chi connectivity index (χ0v) is 9.51. The van der Waals surface area contributed by atoms with Gasteiger partial charge in [0, 0.05) is 17.5 Å². The minimum absolute atomic E-state index is 0.0808. The average Bonchev–Trinajstić information content (AvgIpc) is 2.20. The first kappa shape index (κ1) is 11.5. The van der Waals surface area contributed by atoms with Crippen molar-refractivity contribution in [2.75, 3.05) is 13.4 Å². The van der Waals surface area contributed by atoms with Gasteiger partial charge in [-0.05, 0) is 13.0 Å². The van der Waals surface area contributed by atoms with Crippen LogP contribution in [0, 0.1) is 5.82 Å². The van der Waals surface area contributed by atoms with E-state index in [2.05, 4.69) is 15.9 Å². The van der Waals surface area contributed by atoms with Crippen molar-refractivity contribution in [1.29, 1.82) is 0 Å². The normalized spacial score (nSPS) is 10.2. The van der Waals surface area contributed by atoms with Crippen LogP contribution in [0.5, 0.6) is 5.75 Å². The third-order valence-corrected chi connectivity index (χ3v) is 2.29. The Morgan fingerprint density at radius 2 is 2.21 bits per heavy atom. The van der Waals surface area contributed by atoms with E-state index in [1.165, 1.54) is 6.07 Å². The van der Waals surface area contributed by atoms with Crippen LogP contribution in [0.3, 0.4) is 0 Å². The van der Waals surface area contributed by atoms with E-state index >= 15 is 0 Å². The van der Waals surface area contributed by atoms with Gasteiger partial charge in [-0.3, -0.25) is 0 Å². The first-order valence-electron chi connectivity index (χ1n) is 4.33. The van der Waals surface area contributed by atoms with Crippen LogP contribution in [0.4, 0.5) is 4.39 Å². The molecule has 1 rings (SSSR count). The molecule has 0 radical (unpaired) electrons. The predicted molar refractivity (Wildman–Crippen MR) is 56.2 cm³/mol. The second kappa shape index (κ2) is 5.98. The van der Waals surface area contributed by atoms with Gasteiger partial charge in [-0.2, -0.15) is 0 Å². The molecule has 78 valence electrons. The van der Waals surface area contributed by atoms with Gasteiger partial charge in [0.2, 0.25) is 0 Å². The molecule has 2 nitrogen and oxygen atoms in total. The third-order valence-electron chi connectivity index (χ3n) is 1.68. The lowest BCUT2D eigenvalue weighted by Crippen LogP contribution is -2.05. The van der Waals surface area contributed by atoms with Gasteiger partial charge in [0.1, 0.15) is 0 Å². The molecule has 0 saturated carbocycles. The van der Waals surface area contributed by atoms with E-state index in [1.807, 2.05) is 6.92 Å². The molecule has 1 aromatic rings. The van der Waals surface area contributed by atoms with Crippen LogP contribution >= 0.6 is 15.9 Å². The van der Waals surface area contributed by atoms with Crippen molar-refractivity contribution in [3.63, 3.8) is 0 Å². The zero-order valence-electron chi connectivity index (χ0n) is 7.93. The van der Waals surface area contributed by atoms with Crippen LogP contribution in [-0.2, 0) is 10.1 Å². The molecule has 0 bridgehead atoms. The highest BCUT2D eigenvalue weighted by atomic mass is 79.9. The average molecular weight is 263 g/mol. The molecule has 0 spiro atoms. The topological polar surface area (TPSA) is 18.5 Å². The van der Waals surface area contributed by atoms with Gasteiger partial charge in [-0.15, -0.1) is 0 Å². The van der Waals surface area contributed by atoms with E-state index < -0.39 is 0 Å². The Morgan fingerprint density at radius 1 is 1.43 bits per heavy atom. The van der Waals surface area contributed by atoms with Crippen LogP contribution in [0.1, 0.15) is 12.5 Å². The van der Waals surface area contributed by atoms with E-state index in [9.17, 15) is 4.39 Å². The smallest absolute Gasteiger partial charge is 0.189 e. The van der Waals surface area contributed by atoms with E-state index in [0.29, 0.717) is 11.9 Å². The monoisotopic (exact) mass is 262 g/mol. The largest absolute Gasteiger partial charge is 0.464 e. The summed E-state index contributed by atoms with van der Waals surface area (Å²) in [5.74, 6) is -0.0977. The number of benzene rings is 1. The minimum atomic E-state index is -0.360. The highest BCUT2D eigenvalue weighted by Gasteiger charge is 2.08. The van der Waals surface area contributed by atoms with E-state index in [1.54, 1.807) is 12.1 Å². The molecule has 0 aromatic heterocycles. The molecule has 0 fully saturated rings. The Kier molecular flexibility index (Phi) is 4.90. The summed E-state index contributed by atoms with van der Waals surface area (Å²) in [5.41, 5.74) is 0.782. The molecule has 0 aliphatic heterocycles.